The quantitative estimate of drug-likeness (QED) is 0.407. The highest BCUT2D eigenvalue weighted by atomic mass is 16.4. The lowest BCUT2D eigenvalue weighted by atomic mass is 10.0. The molecule has 0 saturated carbocycles. The Hall–Kier alpha value is -1.85. The highest BCUT2D eigenvalue weighted by molar-refractivity contribution is 5.95. The second kappa shape index (κ2) is 4.24. The fraction of sp³-hybridized carbons (Fsp3) is 0.286. The molecule has 0 amide bonds. The van der Waals surface area contributed by atoms with Crippen molar-refractivity contribution in [1.82, 2.24) is 0 Å². The van der Waals surface area contributed by atoms with E-state index < -0.39 is 35.8 Å². The lowest BCUT2D eigenvalue weighted by Crippen LogP contribution is -2.24. The molecule has 0 rings (SSSR count). The lowest BCUT2D eigenvalue weighted by Gasteiger charge is -2.05. The molecule has 0 saturated heterocycles. The Labute approximate surface area is 73.1 Å². The molecule has 0 aliphatic heterocycles. The second-order valence-electron chi connectivity index (χ2n) is 2.34. The molecule has 0 spiro atoms. The molecule has 72 valence electrons. The summed E-state index contributed by atoms with van der Waals surface area (Å²) in [4.78, 5) is 30.8. The number of hydrogen-bond donors (Lipinski definition) is 3. The van der Waals surface area contributed by atoms with Crippen LogP contribution in [0.1, 0.15) is 6.42 Å². The van der Waals surface area contributed by atoms with E-state index in [1.54, 1.807) is 0 Å². The topological polar surface area (TPSA) is 112 Å². The van der Waals surface area contributed by atoms with Crippen LogP contribution in [0.25, 0.3) is 0 Å². The minimum atomic E-state index is -1.75. The number of rotatable bonds is 5. The first kappa shape index (κ1) is 11.2. The van der Waals surface area contributed by atoms with Gasteiger partial charge in [0.25, 0.3) is 0 Å². The van der Waals surface area contributed by atoms with Crippen LogP contribution < -0.4 is 0 Å². The molecule has 6 heteroatoms. The Bertz CT molecular complexity index is 252. The molecule has 0 fully saturated rings. The van der Waals surface area contributed by atoms with Crippen molar-refractivity contribution in [3.8, 4) is 0 Å². The van der Waals surface area contributed by atoms with E-state index in [-0.39, 0.29) is 0 Å². The van der Waals surface area contributed by atoms with Gasteiger partial charge < -0.3 is 15.3 Å². The third-order valence-electron chi connectivity index (χ3n) is 1.35. The highest BCUT2D eigenvalue weighted by Crippen LogP contribution is 2.11. The molecular formula is C7H8O6. The zero-order valence-electron chi connectivity index (χ0n) is 6.56. The zero-order valence-corrected chi connectivity index (χ0v) is 6.56. The van der Waals surface area contributed by atoms with Crippen LogP contribution in [0.2, 0.25) is 0 Å². The molecule has 0 aliphatic carbocycles. The van der Waals surface area contributed by atoms with Crippen LogP contribution >= 0.6 is 0 Å². The standard InChI is InChI=1S/C7H8O6/c1-3(5(8)9)2-4(6(10)11)7(12)13/h4H,1-2H2,(H,8,9)(H,10,11)(H,12,13). The molecule has 0 aliphatic rings. The van der Waals surface area contributed by atoms with Crippen molar-refractivity contribution in [3.05, 3.63) is 12.2 Å². The number of carbonyl (C=O) groups is 3. The Kier molecular flexibility index (Phi) is 3.64. The summed E-state index contributed by atoms with van der Waals surface area (Å²) in [5.74, 6) is -6.29. The SMILES string of the molecule is C=C(CC(C(=O)O)C(=O)O)C(=O)O. The molecular weight excluding hydrogens is 180 g/mol. The van der Waals surface area contributed by atoms with Crippen molar-refractivity contribution < 1.29 is 29.7 Å². The smallest absolute Gasteiger partial charge is 0.330 e. The molecule has 13 heavy (non-hydrogen) atoms. The molecule has 0 radical (unpaired) electrons. The van der Waals surface area contributed by atoms with Gasteiger partial charge in [-0.05, 0) is 0 Å². The second-order valence-corrected chi connectivity index (χ2v) is 2.34. The summed E-state index contributed by atoms with van der Waals surface area (Å²) < 4.78 is 0. The van der Waals surface area contributed by atoms with Crippen LogP contribution in [0.4, 0.5) is 0 Å². The summed E-state index contributed by atoms with van der Waals surface area (Å²) in [6.45, 7) is 3.03. The number of carboxylic acids is 3. The van der Waals surface area contributed by atoms with Crippen LogP contribution in [0.3, 0.4) is 0 Å². The van der Waals surface area contributed by atoms with Crippen LogP contribution in [0.15, 0.2) is 12.2 Å². The Balaban J connectivity index is 4.45. The van der Waals surface area contributed by atoms with Crippen molar-refractivity contribution in [2.75, 3.05) is 0 Å². The van der Waals surface area contributed by atoms with Crippen molar-refractivity contribution >= 4 is 17.9 Å². The monoisotopic (exact) mass is 188 g/mol. The summed E-state index contributed by atoms with van der Waals surface area (Å²) in [6.07, 6.45) is -0.597. The minimum Gasteiger partial charge on any atom is -0.481 e. The van der Waals surface area contributed by atoms with E-state index in [2.05, 4.69) is 6.58 Å². The summed E-state index contributed by atoms with van der Waals surface area (Å²) >= 11 is 0. The van der Waals surface area contributed by atoms with E-state index in [1.165, 1.54) is 0 Å². The van der Waals surface area contributed by atoms with Gasteiger partial charge in [-0.15, -0.1) is 0 Å². The van der Waals surface area contributed by atoms with Gasteiger partial charge in [-0.1, -0.05) is 6.58 Å². The molecule has 0 aromatic carbocycles. The molecule has 0 unspecified atom stereocenters. The predicted molar refractivity (Wildman–Crippen MR) is 40.2 cm³/mol. The third kappa shape index (κ3) is 3.37. The summed E-state index contributed by atoms with van der Waals surface area (Å²) in [5.41, 5.74) is -0.435. The fourth-order valence-electron chi connectivity index (χ4n) is 0.614. The van der Waals surface area contributed by atoms with E-state index in [1.807, 2.05) is 0 Å². The first-order valence-electron chi connectivity index (χ1n) is 3.23. The van der Waals surface area contributed by atoms with Crippen molar-refractivity contribution in [1.29, 1.82) is 0 Å². The number of aliphatic carboxylic acids is 3. The first-order valence-corrected chi connectivity index (χ1v) is 3.23. The van der Waals surface area contributed by atoms with Gasteiger partial charge in [0, 0.05) is 12.0 Å². The molecule has 0 bridgehead atoms. The van der Waals surface area contributed by atoms with Crippen LogP contribution in [0, 0.1) is 5.92 Å². The Morgan fingerprint density at radius 1 is 1.08 bits per heavy atom. The van der Waals surface area contributed by atoms with Crippen LogP contribution in [-0.4, -0.2) is 33.2 Å². The van der Waals surface area contributed by atoms with E-state index in [9.17, 15) is 14.4 Å². The zero-order chi connectivity index (χ0) is 10.6. The summed E-state index contributed by atoms with van der Waals surface area (Å²) in [7, 11) is 0. The Morgan fingerprint density at radius 2 is 1.46 bits per heavy atom. The molecule has 6 nitrogen and oxygen atoms in total. The average Bonchev–Trinajstić information content (AvgIpc) is 1.97. The molecule has 0 atom stereocenters. The van der Waals surface area contributed by atoms with E-state index in [0.29, 0.717) is 0 Å². The lowest BCUT2D eigenvalue weighted by molar-refractivity contribution is -0.154. The maximum Gasteiger partial charge on any atom is 0.330 e. The fourth-order valence-corrected chi connectivity index (χ4v) is 0.614. The normalized spacial score (nSPS) is 9.62. The van der Waals surface area contributed by atoms with E-state index >= 15 is 0 Å². The summed E-state index contributed by atoms with van der Waals surface area (Å²) in [6, 6.07) is 0. The van der Waals surface area contributed by atoms with Gasteiger partial charge in [-0.2, -0.15) is 0 Å². The average molecular weight is 188 g/mol. The maximum atomic E-state index is 10.3. The third-order valence-corrected chi connectivity index (χ3v) is 1.35. The Morgan fingerprint density at radius 3 is 1.69 bits per heavy atom. The van der Waals surface area contributed by atoms with Gasteiger partial charge in [0.05, 0.1) is 0 Å². The van der Waals surface area contributed by atoms with Gasteiger partial charge >= 0.3 is 17.9 Å². The van der Waals surface area contributed by atoms with Gasteiger partial charge in [0.1, 0.15) is 0 Å². The predicted octanol–water partition coefficient (Wildman–Crippen LogP) is -0.197. The van der Waals surface area contributed by atoms with Gasteiger partial charge in [0.2, 0.25) is 0 Å². The van der Waals surface area contributed by atoms with Crippen molar-refractivity contribution in [2.45, 2.75) is 6.42 Å². The number of hydrogen-bond acceptors (Lipinski definition) is 3. The van der Waals surface area contributed by atoms with Crippen molar-refractivity contribution in [2.24, 2.45) is 5.92 Å². The molecule has 0 aromatic heterocycles. The minimum absolute atomic E-state index is 0.435. The van der Waals surface area contributed by atoms with Crippen LogP contribution in [-0.2, 0) is 14.4 Å². The number of carboxylic acid groups (broad SMARTS) is 3. The molecule has 0 aromatic rings. The van der Waals surface area contributed by atoms with Crippen molar-refractivity contribution in [3.63, 3.8) is 0 Å². The van der Waals surface area contributed by atoms with Gasteiger partial charge in [-0.25, -0.2) is 4.79 Å². The highest BCUT2D eigenvalue weighted by Gasteiger charge is 2.27. The first-order chi connectivity index (χ1) is 5.86. The molecule has 3 N–H and O–H groups in total. The maximum absolute atomic E-state index is 10.3. The van der Waals surface area contributed by atoms with Gasteiger partial charge in [-0.3, -0.25) is 9.59 Å². The summed E-state index contributed by atoms with van der Waals surface area (Å²) in [5, 5.41) is 25.0. The van der Waals surface area contributed by atoms with E-state index in [4.69, 9.17) is 15.3 Å². The largest absolute Gasteiger partial charge is 0.481 e. The van der Waals surface area contributed by atoms with Gasteiger partial charge in [0.15, 0.2) is 5.92 Å². The molecule has 0 heterocycles. The van der Waals surface area contributed by atoms with E-state index in [0.717, 1.165) is 0 Å². The van der Waals surface area contributed by atoms with Crippen LogP contribution in [0.5, 0.6) is 0 Å².